The minimum absolute atomic E-state index is 0.0466. The van der Waals surface area contributed by atoms with Crippen molar-refractivity contribution in [2.24, 2.45) is 0 Å². The number of aromatic nitrogens is 1. The van der Waals surface area contributed by atoms with Crippen LogP contribution in [0.15, 0.2) is 22.9 Å². The van der Waals surface area contributed by atoms with Crippen LogP contribution in [0.4, 0.5) is 5.13 Å². The van der Waals surface area contributed by atoms with Crippen LogP contribution < -0.4 is 10.6 Å². The second kappa shape index (κ2) is 5.72. The predicted octanol–water partition coefficient (Wildman–Crippen LogP) is 2.45. The zero-order chi connectivity index (χ0) is 13.9. The van der Waals surface area contributed by atoms with Gasteiger partial charge in [-0.2, -0.15) is 0 Å². The number of nitrogens with zero attached hydrogens (tertiary/aromatic N) is 1. The van der Waals surface area contributed by atoms with Crippen LogP contribution in [0.2, 0.25) is 0 Å². The van der Waals surface area contributed by atoms with E-state index in [1.54, 1.807) is 12.1 Å². The molecule has 0 unspecified atom stereocenters. The van der Waals surface area contributed by atoms with Crippen molar-refractivity contribution in [3.8, 4) is 0 Å². The van der Waals surface area contributed by atoms with E-state index in [-0.39, 0.29) is 18.4 Å². The normalized spacial score (nSPS) is 14.0. The van der Waals surface area contributed by atoms with E-state index in [0.29, 0.717) is 15.9 Å². The lowest BCUT2D eigenvalue weighted by Gasteiger charge is -2.03. The molecule has 0 saturated heterocycles. The lowest BCUT2D eigenvalue weighted by atomic mass is 10.3. The van der Waals surface area contributed by atoms with E-state index in [0.717, 1.165) is 5.69 Å². The van der Waals surface area contributed by atoms with Crippen LogP contribution in [-0.2, 0) is 4.79 Å². The molecule has 2 N–H and O–H groups in total. The molecule has 20 heavy (non-hydrogen) atoms. The predicted molar refractivity (Wildman–Crippen MR) is 79.4 cm³/mol. The third kappa shape index (κ3) is 3.23. The van der Waals surface area contributed by atoms with E-state index in [1.807, 2.05) is 10.8 Å². The number of hydrogen-bond donors (Lipinski definition) is 2. The first-order chi connectivity index (χ1) is 9.72. The molecule has 1 aliphatic carbocycles. The van der Waals surface area contributed by atoms with E-state index in [2.05, 4.69) is 15.6 Å². The molecular weight excluding hydrogens is 294 g/mol. The number of nitrogens with one attached hydrogen (secondary N) is 2. The SMILES string of the molecule is O=C(CNC(=O)c1cccs1)Nc1nc(C2CC2)cs1. The van der Waals surface area contributed by atoms with E-state index in [4.69, 9.17) is 0 Å². The summed E-state index contributed by atoms with van der Waals surface area (Å²) in [7, 11) is 0. The Morgan fingerprint density at radius 3 is 2.90 bits per heavy atom. The topological polar surface area (TPSA) is 71.1 Å². The van der Waals surface area contributed by atoms with E-state index in [9.17, 15) is 9.59 Å². The highest BCUT2D eigenvalue weighted by Gasteiger charge is 2.26. The highest BCUT2D eigenvalue weighted by atomic mass is 32.1. The highest BCUT2D eigenvalue weighted by molar-refractivity contribution is 7.14. The van der Waals surface area contributed by atoms with Gasteiger partial charge in [-0.25, -0.2) is 4.98 Å². The third-order valence-corrected chi connectivity index (χ3v) is 4.56. The zero-order valence-electron chi connectivity index (χ0n) is 10.6. The molecule has 2 heterocycles. The van der Waals surface area contributed by atoms with Gasteiger partial charge >= 0.3 is 0 Å². The average Bonchev–Trinajstić information content (AvgIpc) is 2.96. The lowest BCUT2D eigenvalue weighted by molar-refractivity contribution is -0.115. The summed E-state index contributed by atoms with van der Waals surface area (Å²) in [6.45, 7) is -0.0466. The summed E-state index contributed by atoms with van der Waals surface area (Å²) in [4.78, 5) is 28.4. The Morgan fingerprint density at radius 2 is 2.20 bits per heavy atom. The number of thiophene rings is 1. The Labute approximate surface area is 124 Å². The molecule has 0 radical (unpaired) electrons. The number of hydrogen-bond acceptors (Lipinski definition) is 5. The van der Waals surface area contributed by atoms with Crippen LogP contribution in [0.1, 0.15) is 34.1 Å². The van der Waals surface area contributed by atoms with Crippen LogP contribution in [0, 0.1) is 0 Å². The number of amides is 2. The fourth-order valence-corrected chi connectivity index (χ4v) is 3.18. The van der Waals surface area contributed by atoms with Crippen LogP contribution in [-0.4, -0.2) is 23.3 Å². The molecule has 0 atom stereocenters. The molecule has 0 aliphatic heterocycles. The number of thiazole rings is 1. The van der Waals surface area contributed by atoms with Gasteiger partial charge in [-0.1, -0.05) is 6.07 Å². The number of carbonyl (C=O) groups excluding carboxylic acids is 2. The standard InChI is InChI=1S/C13H13N3O2S2/c17-11(6-14-12(18)10-2-1-5-19-10)16-13-15-9(7-20-13)8-3-4-8/h1-2,5,7-8H,3-4,6H2,(H,14,18)(H,15,16,17). The minimum Gasteiger partial charge on any atom is -0.342 e. The third-order valence-electron chi connectivity index (χ3n) is 2.92. The second-order valence-corrected chi connectivity index (χ2v) is 6.37. The first-order valence-corrected chi connectivity index (χ1v) is 8.05. The van der Waals surface area contributed by atoms with Crippen LogP contribution >= 0.6 is 22.7 Å². The smallest absolute Gasteiger partial charge is 0.261 e. The Morgan fingerprint density at radius 1 is 1.35 bits per heavy atom. The van der Waals surface area contributed by atoms with Crippen molar-refractivity contribution < 1.29 is 9.59 Å². The fraction of sp³-hybridized carbons (Fsp3) is 0.308. The van der Waals surface area contributed by atoms with E-state index < -0.39 is 0 Å². The van der Waals surface area contributed by atoms with Gasteiger partial charge in [-0.3, -0.25) is 9.59 Å². The number of anilines is 1. The zero-order valence-corrected chi connectivity index (χ0v) is 12.2. The van der Waals surface area contributed by atoms with Gasteiger partial charge in [0.25, 0.3) is 5.91 Å². The molecule has 5 nitrogen and oxygen atoms in total. The maximum absolute atomic E-state index is 11.7. The first-order valence-electron chi connectivity index (χ1n) is 6.29. The van der Waals surface area contributed by atoms with Crippen LogP contribution in [0.3, 0.4) is 0 Å². The molecular formula is C13H13N3O2S2. The van der Waals surface area contributed by atoms with Crippen molar-refractivity contribution >= 4 is 39.6 Å². The molecule has 2 aromatic heterocycles. The lowest BCUT2D eigenvalue weighted by Crippen LogP contribution is -2.32. The summed E-state index contributed by atoms with van der Waals surface area (Å²) < 4.78 is 0. The quantitative estimate of drug-likeness (QED) is 0.891. The minimum atomic E-state index is -0.258. The van der Waals surface area contributed by atoms with Crippen LogP contribution in [0.25, 0.3) is 0 Å². The average molecular weight is 307 g/mol. The Bertz CT molecular complexity index is 617. The van der Waals surface area contributed by atoms with Gasteiger partial charge in [0, 0.05) is 11.3 Å². The molecule has 7 heteroatoms. The number of rotatable bonds is 5. The van der Waals surface area contributed by atoms with Crippen molar-refractivity contribution in [3.05, 3.63) is 33.5 Å². The van der Waals surface area contributed by atoms with Gasteiger partial charge in [-0.05, 0) is 24.3 Å². The molecule has 3 rings (SSSR count). The van der Waals surface area contributed by atoms with Crippen molar-refractivity contribution in [1.29, 1.82) is 0 Å². The largest absolute Gasteiger partial charge is 0.342 e. The molecule has 0 bridgehead atoms. The Balaban J connectivity index is 1.48. The maximum atomic E-state index is 11.7. The summed E-state index contributed by atoms with van der Waals surface area (Å²) in [5.41, 5.74) is 1.06. The Hall–Kier alpha value is -1.73. The van der Waals surface area contributed by atoms with Crippen molar-refractivity contribution in [2.75, 3.05) is 11.9 Å². The van der Waals surface area contributed by atoms with Gasteiger partial charge in [0.1, 0.15) is 0 Å². The van der Waals surface area contributed by atoms with Crippen LogP contribution in [0.5, 0.6) is 0 Å². The molecule has 104 valence electrons. The van der Waals surface area contributed by atoms with Gasteiger partial charge in [0.05, 0.1) is 17.1 Å². The molecule has 2 aromatic rings. The summed E-state index contributed by atoms with van der Waals surface area (Å²) in [6, 6.07) is 3.52. The van der Waals surface area contributed by atoms with Crippen molar-refractivity contribution in [2.45, 2.75) is 18.8 Å². The number of carbonyl (C=O) groups is 2. The van der Waals surface area contributed by atoms with Gasteiger partial charge in [0.2, 0.25) is 5.91 Å². The summed E-state index contributed by atoms with van der Waals surface area (Å²) in [6.07, 6.45) is 2.38. The monoisotopic (exact) mass is 307 g/mol. The van der Waals surface area contributed by atoms with Gasteiger partial charge < -0.3 is 10.6 Å². The van der Waals surface area contributed by atoms with E-state index in [1.165, 1.54) is 35.5 Å². The van der Waals surface area contributed by atoms with Gasteiger partial charge in [0.15, 0.2) is 5.13 Å². The Kier molecular flexibility index (Phi) is 3.79. The summed E-state index contributed by atoms with van der Waals surface area (Å²) >= 11 is 2.77. The molecule has 1 aliphatic rings. The van der Waals surface area contributed by atoms with Crippen molar-refractivity contribution in [1.82, 2.24) is 10.3 Å². The highest BCUT2D eigenvalue weighted by Crippen LogP contribution is 2.40. The second-order valence-electron chi connectivity index (χ2n) is 4.56. The summed E-state index contributed by atoms with van der Waals surface area (Å²) in [5.74, 6) is 0.0926. The van der Waals surface area contributed by atoms with Gasteiger partial charge in [-0.15, -0.1) is 22.7 Å². The fourth-order valence-electron chi connectivity index (χ4n) is 1.73. The molecule has 1 fully saturated rings. The molecule has 2 amide bonds. The maximum Gasteiger partial charge on any atom is 0.261 e. The van der Waals surface area contributed by atoms with E-state index >= 15 is 0 Å². The molecule has 1 saturated carbocycles. The van der Waals surface area contributed by atoms with Crippen molar-refractivity contribution in [3.63, 3.8) is 0 Å². The summed E-state index contributed by atoms with van der Waals surface area (Å²) in [5, 5.41) is 9.69. The molecule has 0 aromatic carbocycles. The molecule has 0 spiro atoms. The first kappa shape index (κ1) is 13.3.